The second-order valence-electron chi connectivity index (χ2n) is 5.83. The first-order valence-corrected chi connectivity index (χ1v) is 7.49. The molecule has 3 rings (SSSR count). The average molecular weight is 276 g/mol. The van der Waals surface area contributed by atoms with Crippen molar-refractivity contribution in [2.24, 2.45) is 7.05 Å². The predicted molar refractivity (Wildman–Crippen MR) is 80.6 cm³/mol. The number of nitrogens with two attached hydrogens (primary N) is 1. The fourth-order valence-electron chi connectivity index (χ4n) is 2.84. The number of imidazole rings is 1. The molecule has 2 aromatic rings. The van der Waals surface area contributed by atoms with E-state index in [1.165, 1.54) is 12.8 Å². The fourth-order valence-corrected chi connectivity index (χ4v) is 2.84. The largest absolute Gasteiger partial charge is 0.369 e. The number of hydrogen-bond donors (Lipinski definition) is 1. The number of likely N-dealkylation sites (N-methyl/N-ethyl adjacent to an activating group) is 1. The van der Waals surface area contributed by atoms with Gasteiger partial charge in [-0.1, -0.05) is 13.3 Å². The maximum Gasteiger partial charge on any atom is 0.202 e. The first kappa shape index (κ1) is 13.4. The third-order valence-electron chi connectivity index (χ3n) is 4.15. The van der Waals surface area contributed by atoms with Crippen molar-refractivity contribution in [2.45, 2.75) is 45.2 Å². The van der Waals surface area contributed by atoms with E-state index in [2.05, 4.69) is 33.5 Å². The van der Waals surface area contributed by atoms with Gasteiger partial charge in [-0.05, 0) is 26.3 Å². The summed E-state index contributed by atoms with van der Waals surface area (Å²) in [5.74, 6) is 0.606. The van der Waals surface area contributed by atoms with Gasteiger partial charge in [-0.2, -0.15) is 5.10 Å². The molecule has 1 saturated carbocycles. The molecule has 6 nitrogen and oxygen atoms in total. The van der Waals surface area contributed by atoms with E-state index >= 15 is 0 Å². The van der Waals surface area contributed by atoms with Crippen LogP contribution in [0.5, 0.6) is 0 Å². The molecule has 6 heteroatoms. The second kappa shape index (κ2) is 5.09. The summed E-state index contributed by atoms with van der Waals surface area (Å²) >= 11 is 0. The standard InChI is InChI=1S/C14H24N6/c1-4-5-11-12-13(19(3)17-11)20(14(15)16-12)9-8-18(2)10-6-7-10/h10H,4-9H2,1-3H3,(H2,15,16). The van der Waals surface area contributed by atoms with Gasteiger partial charge in [0.1, 0.15) is 5.52 Å². The van der Waals surface area contributed by atoms with Crippen LogP contribution in [0.4, 0.5) is 5.95 Å². The molecule has 0 bridgehead atoms. The molecule has 2 aromatic heterocycles. The SMILES string of the molecule is CCCc1nn(C)c2c1nc(N)n2CCN(C)C1CC1. The molecule has 110 valence electrons. The Morgan fingerprint density at radius 1 is 1.40 bits per heavy atom. The third kappa shape index (κ3) is 2.28. The van der Waals surface area contributed by atoms with Crippen LogP contribution in [0.1, 0.15) is 31.9 Å². The highest BCUT2D eigenvalue weighted by Crippen LogP contribution is 2.26. The Bertz CT molecular complexity index is 607. The maximum absolute atomic E-state index is 6.10. The molecule has 0 radical (unpaired) electrons. The number of hydrogen-bond acceptors (Lipinski definition) is 4. The summed E-state index contributed by atoms with van der Waals surface area (Å²) in [6.07, 6.45) is 4.69. The van der Waals surface area contributed by atoms with Gasteiger partial charge in [0, 0.05) is 26.2 Å². The van der Waals surface area contributed by atoms with Crippen LogP contribution < -0.4 is 5.73 Å². The predicted octanol–water partition coefficient (Wildman–Crippen LogP) is 1.40. The van der Waals surface area contributed by atoms with Crippen LogP contribution in [0.2, 0.25) is 0 Å². The number of aromatic nitrogens is 4. The Labute approximate surface area is 119 Å². The van der Waals surface area contributed by atoms with Crippen LogP contribution in [-0.4, -0.2) is 43.9 Å². The van der Waals surface area contributed by atoms with Crippen molar-refractivity contribution in [1.82, 2.24) is 24.2 Å². The van der Waals surface area contributed by atoms with Crippen LogP contribution in [0.25, 0.3) is 11.2 Å². The van der Waals surface area contributed by atoms with E-state index in [0.717, 1.165) is 48.8 Å². The van der Waals surface area contributed by atoms with Crippen LogP contribution in [0.15, 0.2) is 0 Å². The molecule has 2 N–H and O–H groups in total. The molecule has 0 aliphatic heterocycles. The molecule has 0 saturated heterocycles. The monoisotopic (exact) mass is 276 g/mol. The summed E-state index contributed by atoms with van der Waals surface area (Å²) in [5, 5.41) is 4.58. The van der Waals surface area contributed by atoms with Gasteiger partial charge in [-0.3, -0.25) is 9.25 Å². The highest BCUT2D eigenvalue weighted by atomic mass is 15.4. The number of nitrogen functional groups attached to an aromatic ring is 1. The van der Waals surface area contributed by atoms with Gasteiger partial charge >= 0.3 is 0 Å². The van der Waals surface area contributed by atoms with Gasteiger partial charge in [0.25, 0.3) is 0 Å². The summed E-state index contributed by atoms with van der Waals surface area (Å²) < 4.78 is 4.02. The topological polar surface area (TPSA) is 64.9 Å². The molecule has 0 atom stereocenters. The minimum Gasteiger partial charge on any atom is -0.369 e. The summed E-state index contributed by atoms with van der Waals surface area (Å²) in [4.78, 5) is 6.94. The molecule has 20 heavy (non-hydrogen) atoms. The number of nitrogens with zero attached hydrogens (tertiary/aromatic N) is 5. The van der Waals surface area contributed by atoms with Crippen molar-refractivity contribution >= 4 is 17.1 Å². The van der Waals surface area contributed by atoms with Gasteiger partial charge in [0.2, 0.25) is 5.95 Å². The maximum atomic E-state index is 6.10. The van der Waals surface area contributed by atoms with E-state index in [-0.39, 0.29) is 0 Å². The molecule has 1 aliphatic rings. The lowest BCUT2D eigenvalue weighted by atomic mass is 10.2. The molecule has 0 amide bonds. The van der Waals surface area contributed by atoms with Gasteiger partial charge < -0.3 is 10.6 Å². The van der Waals surface area contributed by atoms with E-state index in [0.29, 0.717) is 5.95 Å². The average Bonchev–Trinajstić information content (AvgIpc) is 3.14. The Morgan fingerprint density at radius 3 is 2.80 bits per heavy atom. The van der Waals surface area contributed by atoms with Crippen molar-refractivity contribution in [2.75, 3.05) is 19.3 Å². The lowest BCUT2D eigenvalue weighted by molar-refractivity contribution is 0.311. The van der Waals surface area contributed by atoms with Crippen molar-refractivity contribution in [3.05, 3.63) is 5.69 Å². The van der Waals surface area contributed by atoms with Crippen LogP contribution in [0, 0.1) is 0 Å². The van der Waals surface area contributed by atoms with Crippen molar-refractivity contribution in [3.8, 4) is 0 Å². The lowest BCUT2D eigenvalue weighted by Gasteiger charge is -2.16. The molecular formula is C14H24N6. The Kier molecular flexibility index (Phi) is 3.41. The first-order chi connectivity index (χ1) is 9.61. The van der Waals surface area contributed by atoms with E-state index in [1.807, 2.05) is 11.7 Å². The van der Waals surface area contributed by atoms with Gasteiger partial charge in [-0.15, -0.1) is 0 Å². The Hall–Kier alpha value is -1.56. The molecule has 1 aliphatic carbocycles. The van der Waals surface area contributed by atoms with E-state index in [9.17, 15) is 0 Å². The molecule has 0 unspecified atom stereocenters. The summed E-state index contributed by atoms with van der Waals surface area (Å²) in [6.45, 7) is 4.04. The van der Waals surface area contributed by atoms with Crippen LogP contribution >= 0.6 is 0 Å². The van der Waals surface area contributed by atoms with Gasteiger partial charge in [0.15, 0.2) is 5.65 Å². The minimum atomic E-state index is 0.606. The zero-order valence-electron chi connectivity index (χ0n) is 12.6. The molecule has 2 heterocycles. The molecule has 1 fully saturated rings. The second-order valence-corrected chi connectivity index (χ2v) is 5.83. The fraction of sp³-hybridized carbons (Fsp3) is 0.714. The Balaban J connectivity index is 1.87. The number of fused-ring (bicyclic) bond motifs is 1. The number of anilines is 1. The zero-order chi connectivity index (χ0) is 14.3. The van der Waals surface area contributed by atoms with Crippen molar-refractivity contribution < 1.29 is 0 Å². The Morgan fingerprint density at radius 2 is 2.15 bits per heavy atom. The molecule has 0 aromatic carbocycles. The summed E-state index contributed by atoms with van der Waals surface area (Å²) in [7, 11) is 4.16. The number of aryl methyl sites for hydroxylation is 2. The van der Waals surface area contributed by atoms with E-state index in [1.54, 1.807) is 0 Å². The van der Waals surface area contributed by atoms with Crippen LogP contribution in [-0.2, 0) is 20.0 Å². The zero-order valence-corrected chi connectivity index (χ0v) is 12.6. The first-order valence-electron chi connectivity index (χ1n) is 7.49. The third-order valence-corrected chi connectivity index (χ3v) is 4.15. The van der Waals surface area contributed by atoms with Crippen molar-refractivity contribution in [1.29, 1.82) is 0 Å². The summed E-state index contributed by atoms with van der Waals surface area (Å²) in [5.41, 5.74) is 9.19. The smallest absolute Gasteiger partial charge is 0.202 e. The number of rotatable bonds is 6. The highest BCUT2D eigenvalue weighted by Gasteiger charge is 2.26. The molecule has 0 spiro atoms. The highest BCUT2D eigenvalue weighted by molar-refractivity contribution is 5.77. The van der Waals surface area contributed by atoms with Gasteiger partial charge in [-0.25, -0.2) is 4.98 Å². The molecular weight excluding hydrogens is 252 g/mol. The van der Waals surface area contributed by atoms with Crippen molar-refractivity contribution in [3.63, 3.8) is 0 Å². The lowest BCUT2D eigenvalue weighted by Crippen LogP contribution is -2.26. The van der Waals surface area contributed by atoms with Crippen LogP contribution in [0.3, 0.4) is 0 Å². The normalized spacial score (nSPS) is 15.6. The summed E-state index contributed by atoms with van der Waals surface area (Å²) in [6, 6.07) is 0.775. The quantitative estimate of drug-likeness (QED) is 0.866. The minimum absolute atomic E-state index is 0.606. The van der Waals surface area contributed by atoms with E-state index in [4.69, 9.17) is 5.73 Å². The van der Waals surface area contributed by atoms with E-state index < -0.39 is 0 Å². The van der Waals surface area contributed by atoms with Gasteiger partial charge in [0.05, 0.1) is 5.69 Å².